The second kappa shape index (κ2) is 25.7. The molecule has 1 saturated heterocycles. The Morgan fingerprint density at radius 2 is 1.17 bits per heavy atom. The fourth-order valence-corrected chi connectivity index (χ4v) is 4.07. The van der Waals surface area contributed by atoms with E-state index in [9.17, 15) is 53.1 Å². The first-order valence-corrected chi connectivity index (χ1v) is 16.3. The van der Waals surface area contributed by atoms with Crippen LogP contribution < -0.4 is 5.32 Å². The maximum Gasteiger partial charge on any atom is 0.330 e. The van der Waals surface area contributed by atoms with Crippen LogP contribution in [-0.4, -0.2) is 157 Å². The second-order valence-electron chi connectivity index (χ2n) is 11.4. The van der Waals surface area contributed by atoms with Gasteiger partial charge in [0.15, 0.2) is 6.10 Å². The molecule has 0 amide bonds. The van der Waals surface area contributed by atoms with Gasteiger partial charge in [-0.25, -0.2) is 4.79 Å². The summed E-state index contributed by atoms with van der Waals surface area (Å²) in [5.74, 6) is -11.9. The molecule has 0 radical (unpaired) electrons. The van der Waals surface area contributed by atoms with Crippen LogP contribution in [0.1, 0.15) is 58.3 Å². The Labute approximate surface area is 306 Å². The van der Waals surface area contributed by atoms with Gasteiger partial charge in [0.1, 0.15) is 57.3 Å². The van der Waals surface area contributed by atoms with Gasteiger partial charge < -0.3 is 63.6 Å². The number of esters is 7. The Bertz CT molecular complexity index is 1330. The van der Waals surface area contributed by atoms with Crippen molar-refractivity contribution in [2.75, 3.05) is 46.2 Å². The molecule has 1 fully saturated rings. The molecule has 5 atom stereocenters. The number of carbonyl (C=O) groups is 10. The first-order valence-electron chi connectivity index (χ1n) is 16.3. The molecule has 1 aliphatic heterocycles. The quantitative estimate of drug-likeness (QED) is 0.0330. The predicted octanol–water partition coefficient (Wildman–Crippen LogP) is -2.36. The average Bonchev–Trinajstić information content (AvgIpc) is 3.62. The van der Waals surface area contributed by atoms with Gasteiger partial charge in [-0.3, -0.25) is 43.2 Å². The smallest absolute Gasteiger partial charge is 0.330 e. The Balaban J connectivity index is 2.89. The van der Waals surface area contributed by atoms with Crippen LogP contribution in [0.15, 0.2) is 0 Å². The molecule has 4 unspecified atom stereocenters. The van der Waals surface area contributed by atoms with Crippen molar-refractivity contribution in [3.05, 3.63) is 0 Å². The van der Waals surface area contributed by atoms with E-state index in [2.05, 4.69) is 10.1 Å². The van der Waals surface area contributed by atoms with E-state index in [1.165, 1.54) is 6.92 Å². The first kappa shape index (κ1) is 46.8. The minimum absolute atomic E-state index is 0.425. The van der Waals surface area contributed by atoms with Crippen LogP contribution in [0.5, 0.6) is 0 Å². The zero-order valence-electron chi connectivity index (χ0n) is 29.1. The first-order chi connectivity index (χ1) is 25.5. The molecule has 0 aromatic rings. The van der Waals surface area contributed by atoms with E-state index in [0.717, 1.165) is 0 Å². The molecular weight excluding hydrogens is 738 g/mol. The molecule has 0 saturated carbocycles. The van der Waals surface area contributed by atoms with E-state index in [1.54, 1.807) is 0 Å². The van der Waals surface area contributed by atoms with E-state index in [4.69, 9.17) is 48.5 Å². The van der Waals surface area contributed by atoms with E-state index in [0.29, 0.717) is 19.4 Å². The normalized spacial score (nSPS) is 15.7. The van der Waals surface area contributed by atoms with Gasteiger partial charge in [0.2, 0.25) is 0 Å². The summed E-state index contributed by atoms with van der Waals surface area (Å²) in [6.07, 6.45) is -8.55. The number of carboxylic acid groups (broad SMARTS) is 3. The third kappa shape index (κ3) is 22.6. The summed E-state index contributed by atoms with van der Waals surface area (Å²) >= 11 is 0. The highest BCUT2D eigenvalue weighted by molar-refractivity contribution is 5.97. The van der Waals surface area contributed by atoms with E-state index < -0.39 is 168 Å². The number of aliphatic carboxylic acids is 3. The van der Waals surface area contributed by atoms with Crippen LogP contribution in [0, 0.1) is 0 Å². The SMILES string of the molecule is CC(CC(=O)OCC(COC(=O)CC(=O)OC(=O)[C@@H]1CCCN1)OCC(COC(=O)CCC(=O)O)OC(=O)CC(=O)O)OCC(CO)OC(=O)CC(=O)O. The summed E-state index contributed by atoms with van der Waals surface area (Å²) in [7, 11) is 0. The third-order valence-corrected chi connectivity index (χ3v) is 6.61. The molecule has 0 aromatic carbocycles. The Hall–Kier alpha value is -5.26. The maximum absolute atomic E-state index is 12.6. The van der Waals surface area contributed by atoms with Crippen LogP contribution in [0.4, 0.5) is 0 Å². The van der Waals surface area contributed by atoms with Crippen LogP contribution in [-0.2, 0) is 85.8 Å². The molecule has 23 nitrogen and oxygen atoms in total. The van der Waals surface area contributed by atoms with E-state index in [1.807, 2.05) is 0 Å². The maximum atomic E-state index is 12.6. The summed E-state index contributed by atoms with van der Waals surface area (Å²) in [4.78, 5) is 117. The molecule has 0 aliphatic carbocycles. The highest BCUT2D eigenvalue weighted by Crippen LogP contribution is 2.10. The molecule has 23 heteroatoms. The summed E-state index contributed by atoms with van der Waals surface area (Å²) in [5, 5.41) is 38.5. The van der Waals surface area contributed by atoms with Gasteiger partial charge >= 0.3 is 59.7 Å². The minimum atomic E-state index is -1.56. The zero-order valence-corrected chi connectivity index (χ0v) is 29.1. The van der Waals surface area contributed by atoms with Gasteiger partial charge in [-0.15, -0.1) is 0 Å². The minimum Gasteiger partial charge on any atom is -0.481 e. The lowest BCUT2D eigenvalue weighted by atomic mass is 10.2. The highest BCUT2D eigenvalue weighted by Gasteiger charge is 2.28. The number of carboxylic acids is 3. The lowest BCUT2D eigenvalue weighted by Gasteiger charge is -2.23. The summed E-state index contributed by atoms with van der Waals surface area (Å²) in [5.41, 5.74) is 0. The van der Waals surface area contributed by atoms with Gasteiger partial charge in [-0.2, -0.15) is 0 Å². The molecule has 1 heterocycles. The number of hydrogen-bond donors (Lipinski definition) is 5. The Kier molecular flexibility index (Phi) is 22.2. The molecule has 304 valence electrons. The van der Waals surface area contributed by atoms with Crippen molar-refractivity contribution in [2.24, 2.45) is 0 Å². The number of rotatable bonds is 27. The second-order valence-corrected chi connectivity index (χ2v) is 11.4. The molecule has 54 heavy (non-hydrogen) atoms. The summed E-state index contributed by atoms with van der Waals surface area (Å²) in [6.45, 7) is -2.02. The zero-order chi connectivity index (χ0) is 40.6. The fourth-order valence-electron chi connectivity index (χ4n) is 4.07. The van der Waals surface area contributed by atoms with Crippen LogP contribution in [0.2, 0.25) is 0 Å². The van der Waals surface area contributed by atoms with Crippen molar-refractivity contribution < 1.29 is 106 Å². The van der Waals surface area contributed by atoms with Gasteiger partial charge in [-0.05, 0) is 26.3 Å². The number of hydrogen-bond acceptors (Lipinski definition) is 20. The predicted molar refractivity (Wildman–Crippen MR) is 168 cm³/mol. The summed E-state index contributed by atoms with van der Waals surface area (Å²) in [6, 6.07) is -0.711. The van der Waals surface area contributed by atoms with Crippen molar-refractivity contribution >= 4 is 59.7 Å². The van der Waals surface area contributed by atoms with Crippen LogP contribution in [0.3, 0.4) is 0 Å². The van der Waals surface area contributed by atoms with E-state index >= 15 is 0 Å². The van der Waals surface area contributed by atoms with Crippen molar-refractivity contribution in [3.8, 4) is 0 Å². The Morgan fingerprint density at radius 1 is 0.611 bits per heavy atom. The van der Waals surface area contributed by atoms with Gasteiger partial charge in [-0.1, -0.05) is 0 Å². The monoisotopic (exact) mass is 781 g/mol. The largest absolute Gasteiger partial charge is 0.481 e. The van der Waals surface area contributed by atoms with Crippen LogP contribution in [0.25, 0.3) is 0 Å². The molecule has 1 rings (SSSR count). The average molecular weight is 782 g/mol. The number of aliphatic hydroxyl groups excluding tert-OH is 1. The van der Waals surface area contributed by atoms with Crippen LogP contribution >= 0.6 is 0 Å². The lowest BCUT2D eigenvalue weighted by molar-refractivity contribution is -0.172. The molecular formula is C31H43NO22. The molecule has 0 spiro atoms. The number of carbonyl (C=O) groups excluding carboxylic acids is 7. The van der Waals surface area contributed by atoms with Crippen molar-refractivity contribution in [3.63, 3.8) is 0 Å². The summed E-state index contributed by atoms with van der Waals surface area (Å²) < 4.78 is 40.3. The molecule has 0 aromatic heterocycles. The molecule has 0 bridgehead atoms. The third-order valence-electron chi connectivity index (χ3n) is 6.61. The molecule has 1 aliphatic rings. The van der Waals surface area contributed by atoms with Gasteiger partial charge in [0.05, 0.1) is 45.2 Å². The number of aliphatic hydroxyl groups is 1. The van der Waals surface area contributed by atoms with E-state index in [-0.39, 0.29) is 0 Å². The van der Waals surface area contributed by atoms with Crippen molar-refractivity contribution in [1.82, 2.24) is 5.32 Å². The standard InChI is InChI=1S/C31H43NO22/c1-17(47-12-18(11-33)52-28(43)8-23(36)37)7-26(41)50-13-19(14-51-27(42)10-30(45)54-31(46)21-3-2-6-32-21)48-15-20(53-29(44)9-24(38)39)16-49-25(40)5-4-22(34)35/h17-21,32-33H,2-16H2,1H3,(H,34,35)(H,36,37)(H,38,39)/t17?,18?,19?,20?,21-/m0/s1. The topological polar surface area (TPSA) is 337 Å². The number of ether oxygens (including phenoxy) is 8. The highest BCUT2D eigenvalue weighted by atomic mass is 16.6. The lowest BCUT2D eigenvalue weighted by Crippen LogP contribution is -2.36. The fraction of sp³-hybridized carbons (Fsp3) is 0.677. The van der Waals surface area contributed by atoms with Gasteiger partial charge in [0, 0.05) is 0 Å². The molecule has 5 N–H and O–H groups in total. The Morgan fingerprint density at radius 3 is 1.72 bits per heavy atom. The van der Waals surface area contributed by atoms with Crippen molar-refractivity contribution in [1.29, 1.82) is 0 Å². The van der Waals surface area contributed by atoms with Gasteiger partial charge in [0.25, 0.3) is 0 Å². The number of nitrogens with one attached hydrogen (secondary N) is 1. The van der Waals surface area contributed by atoms with Crippen molar-refractivity contribution in [2.45, 2.75) is 88.7 Å².